The van der Waals surface area contributed by atoms with Gasteiger partial charge >= 0.3 is 5.97 Å². The van der Waals surface area contributed by atoms with Crippen molar-refractivity contribution in [1.29, 1.82) is 0 Å². The second-order valence-electron chi connectivity index (χ2n) is 3.32. The van der Waals surface area contributed by atoms with Crippen molar-refractivity contribution < 1.29 is 19.7 Å². The largest absolute Gasteiger partial charge is 0.479 e. The fraction of sp³-hybridized carbons (Fsp3) is 0.545. The van der Waals surface area contributed by atoms with Gasteiger partial charge in [-0.3, -0.25) is 0 Å². The molecule has 4 nitrogen and oxygen atoms in total. The van der Waals surface area contributed by atoms with E-state index < -0.39 is 12.1 Å². The average Bonchev–Trinajstić information content (AvgIpc) is 2.72. The van der Waals surface area contributed by atoms with E-state index in [1.807, 2.05) is 13.0 Å². The van der Waals surface area contributed by atoms with Gasteiger partial charge in [0.25, 0.3) is 0 Å². The molecule has 0 aromatic carbocycles. The lowest BCUT2D eigenvalue weighted by Crippen LogP contribution is -2.15. The maximum atomic E-state index is 11.0. The Bertz CT molecular complexity index is 334. The number of thiophene rings is 1. The summed E-state index contributed by atoms with van der Waals surface area (Å²) in [6.07, 6.45) is 0.445. The highest BCUT2D eigenvalue weighted by Crippen LogP contribution is 2.26. The Morgan fingerprint density at radius 2 is 2.31 bits per heavy atom. The summed E-state index contributed by atoms with van der Waals surface area (Å²) in [7, 11) is 0. The molecule has 1 atom stereocenters. The molecule has 0 bridgehead atoms. The van der Waals surface area contributed by atoms with Crippen LogP contribution in [0, 0.1) is 0 Å². The summed E-state index contributed by atoms with van der Waals surface area (Å²) in [5.41, 5.74) is 0. The predicted molar refractivity (Wildman–Crippen MR) is 61.7 cm³/mol. The van der Waals surface area contributed by atoms with Crippen LogP contribution in [0.5, 0.6) is 0 Å². The van der Waals surface area contributed by atoms with Gasteiger partial charge in [0.2, 0.25) is 0 Å². The van der Waals surface area contributed by atoms with Gasteiger partial charge in [0.15, 0.2) is 6.10 Å². The lowest BCUT2D eigenvalue weighted by molar-refractivity contribution is -0.150. The summed E-state index contributed by atoms with van der Waals surface area (Å²) in [4.78, 5) is 12.9. The first-order valence-corrected chi connectivity index (χ1v) is 6.04. The number of ether oxygens (including phenoxy) is 1. The molecular weight excluding hydrogens is 228 g/mol. The van der Waals surface area contributed by atoms with E-state index in [0.717, 1.165) is 11.3 Å². The number of rotatable bonds is 7. The van der Waals surface area contributed by atoms with Crippen LogP contribution in [0.3, 0.4) is 0 Å². The first-order chi connectivity index (χ1) is 7.69. The van der Waals surface area contributed by atoms with E-state index in [1.54, 1.807) is 6.07 Å². The van der Waals surface area contributed by atoms with Crippen LogP contribution in [0.25, 0.3) is 0 Å². The van der Waals surface area contributed by atoms with Gasteiger partial charge in [0.1, 0.15) is 0 Å². The van der Waals surface area contributed by atoms with Crippen molar-refractivity contribution in [2.75, 3.05) is 13.2 Å². The zero-order valence-electron chi connectivity index (χ0n) is 9.18. The van der Waals surface area contributed by atoms with Crippen LogP contribution >= 0.6 is 11.3 Å². The third-order valence-electron chi connectivity index (χ3n) is 2.10. The van der Waals surface area contributed by atoms with Crippen molar-refractivity contribution >= 4 is 17.3 Å². The van der Waals surface area contributed by atoms with E-state index >= 15 is 0 Å². The summed E-state index contributed by atoms with van der Waals surface area (Å²) < 4.78 is 5.24. The molecule has 0 amide bonds. The summed E-state index contributed by atoms with van der Waals surface area (Å²) in [5.74, 6) is -0.984. The molecule has 90 valence electrons. The summed E-state index contributed by atoms with van der Waals surface area (Å²) >= 11 is 1.46. The van der Waals surface area contributed by atoms with Crippen molar-refractivity contribution in [3.8, 4) is 0 Å². The van der Waals surface area contributed by atoms with E-state index in [9.17, 15) is 4.79 Å². The number of carboxylic acids is 1. The standard InChI is InChI=1S/C11H16O4S/c1-2-8-4-5-9(16-8)10(11(13)14)15-7-3-6-12/h4-5,10,12H,2-3,6-7H2,1H3,(H,13,14). The molecule has 0 spiro atoms. The molecule has 2 N–H and O–H groups in total. The number of hydrogen-bond acceptors (Lipinski definition) is 4. The number of aryl methyl sites for hydroxylation is 1. The first kappa shape index (κ1) is 13.2. The second-order valence-corrected chi connectivity index (χ2v) is 4.52. The van der Waals surface area contributed by atoms with Gasteiger partial charge in [0, 0.05) is 16.4 Å². The molecule has 0 aliphatic carbocycles. The van der Waals surface area contributed by atoms with E-state index in [0.29, 0.717) is 11.3 Å². The average molecular weight is 244 g/mol. The van der Waals surface area contributed by atoms with Crippen LogP contribution in [0.4, 0.5) is 0 Å². The molecular formula is C11H16O4S. The van der Waals surface area contributed by atoms with Gasteiger partial charge in [-0.25, -0.2) is 4.79 Å². The molecule has 16 heavy (non-hydrogen) atoms. The Morgan fingerprint density at radius 3 is 2.81 bits per heavy atom. The van der Waals surface area contributed by atoms with E-state index in [4.69, 9.17) is 14.9 Å². The Kier molecular flexibility index (Phi) is 5.45. The highest BCUT2D eigenvalue weighted by Gasteiger charge is 2.21. The van der Waals surface area contributed by atoms with Crippen molar-refractivity contribution in [2.24, 2.45) is 0 Å². The Hall–Kier alpha value is -0.910. The number of aliphatic hydroxyl groups is 1. The molecule has 0 aliphatic rings. The van der Waals surface area contributed by atoms with Gasteiger partial charge in [-0.1, -0.05) is 6.92 Å². The molecule has 1 heterocycles. The van der Waals surface area contributed by atoms with Crippen LogP contribution < -0.4 is 0 Å². The predicted octanol–water partition coefficient (Wildman–Crippen LogP) is 1.84. The lowest BCUT2D eigenvalue weighted by Gasteiger charge is -2.11. The smallest absolute Gasteiger partial charge is 0.338 e. The SMILES string of the molecule is CCc1ccc(C(OCCCO)C(=O)O)s1. The highest BCUT2D eigenvalue weighted by atomic mass is 32.1. The van der Waals surface area contributed by atoms with Crippen LogP contribution in [-0.2, 0) is 16.0 Å². The molecule has 5 heteroatoms. The number of aliphatic hydroxyl groups excluding tert-OH is 1. The number of carbonyl (C=O) groups is 1. The van der Waals surface area contributed by atoms with Gasteiger partial charge < -0.3 is 14.9 Å². The van der Waals surface area contributed by atoms with Gasteiger partial charge in [-0.15, -0.1) is 11.3 Å². The first-order valence-electron chi connectivity index (χ1n) is 5.23. The number of carboxylic acid groups (broad SMARTS) is 1. The van der Waals surface area contributed by atoms with Crippen LogP contribution in [0.1, 0.15) is 29.2 Å². The molecule has 0 aliphatic heterocycles. The maximum absolute atomic E-state index is 11.0. The molecule has 1 unspecified atom stereocenters. The second kappa shape index (κ2) is 6.62. The fourth-order valence-corrected chi connectivity index (χ4v) is 2.26. The minimum Gasteiger partial charge on any atom is -0.479 e. The van der Waals surface area contributed by atoms with Crippen LogP contribution in [0.15, 0.2) is 12.1 Å². The zero-order valence-corrected chi connectivity index (χ0v) is 10.00. The van der Waals surface area contributed by atoms with Gasteiger partial charge in [-0.2, -0.15) is 0 Å². The van der Waals surface area contributed by atoms with Crippen LogP contribution in [0.2, 0.25) is 0 Å². The van der Waals surface area contributed by atoms with Crippen molar-refractivity contribution in [2.45, 2.75) is 25.9 Å². The van der Waals surface area contributed by atoms with Gasteiger partial charge in [0.05, 0.1) is 6.61 Å². The summed E-state index contributed by atoms with van der Waals surface area (Å²) in [6.45, 7) is 2.29. The Balaban J connectivity index is 2.65. The quantitative estimate of drug-likeness (QED) is 0.718. The third-order valence-corrected chi connectivity index (χ3v) is 3.37. The number of aliphatic carboxylic acids is 1. The Labute approximate surface area is 98.5 Å². The zero-order chi connectivity index (χ0) is 12.0. The molecule has 1 aromatic heterocycles. The normalized spacial score (nSPS) is 12.6. The minimum atomic E-state index is -0.984. The summed E-state index contributed by atoms with van der Waals surface area (Å²) in [6, 6.07) is 3.71. The molecule has 1 rings (SSSR count). The lowest BCUT2D eigenvalue weighted by atomic mass is 10.3. The van der Waals surface area contributed by atoms with Gasteiger partial charge in [-0.05, 0) is 25.0 Å². The maximum Gasteiger partial charge on any atom is 0.338 e. The monoisotopic (exact) mass is 244 g/mol. The highest BCUT2D eigenvalue weighted by molar-refractivity contribution is 7.12. The molecule has 0 radical (unpaired) electrons. The van der Waals surface area contributed by atoms with E-state index in [-0.39, 0.29) is 13.2 Å². The van der Waals surface area contributed by atoms with Crippen LogP contribution in [-0.4, -0.2) is 29.4 Å². The van der Waals surface area contributed by atoms with E-state index in [1.165, 1.54) is 11.3 Å². The van der Waals surface area contributed by atoms with Crippen molar-refractivity contribution in [3.63, 3.8) is 0 Å². The van der Waals surface area contributed by atoms with E-state index in [2.05, 4.69) is 0 Å². The van der Waals surface area contributed by atoms with Crippen molar-refractivity contribution in [1.82, 2.24) is 0 Å². The fourth-order valence-electron chi connectivity index (χ4n) is 1.27. The molecule has 0 saturated heterocycles. The molecule has 1 aromatic rings. The minimum absolute atomic E-state index is 0.0109. The number of hydrogen-bond donors (Lipinski definition) is 2. The summed E-state index contributed by atoms with van der Waals surface area (Å²) in [5, 5.41) is 17.6. The topological polar surface area (TPSA) is 66.8 Å². The molecule has 0 saturated carbocycles. The molecule has 0 fully saturated rings. The Morgan fingerprint density at radius 1 is 1.56 bits per heavy atom. The van der Waals surface area contributed by atoms with Crippen molar-refractivity contribution in [3.05, 3.63) is 21.9 Å². The third kappa shape index (κ3) is 3.59.